The van der Waals surface area contributed by atoms with Crippen molar-refractivity contribution in [3.8, 4) is 0 Å². The maximum absolute atomic E-state index is 12.3. The Hall–Kier alpha value is -1.84. The van der Waals surface area contributed by atoms with Crippen LogP contribution in [0.3, 0.4) is 0 Å². The van der Waals surface area contributed by atoms with Crippen LogP contribution in [-0.2, 0) is 0 Å². The van der Waals surface area contributed by atoms with Crippen molar-refractivity contribution in [1.29, 1.82) is 0 Å². The quantitative estimate of drug-likeness (QED) is 0.585. The van der Waals surface area contributed by atoms with Gasteiger partial charge in [-0.1, -0.05) is 45.4 Å². The van der Waals surface area contributed by atoms with Gasteiger partial charge in [-0.25, -0.2) is 0 Å². The van der Waals surface area contributed by atoms with E-state index in [1.807, 2.05) is 0 Å². The normalized spacial score (nSPS) is 15.5. The largest absolute Gasteiger partial charge is 0.352 e. The molecule has 0 aromatic heterocycles. The van der Waals surface area contributed by atoms with Gasteiger partial charge in [0.15, 0.2) is 0 Å². The van der Waals surface area contributed by atoms with Crippen molar-refractivity contribution in [1.82, 2.24) is 10.6 Å². The first-order valence-electron chi connectivity index (χ1n) is 9.40. The smallest absolute Gasteiger partial charge is 0.251 e. The first-order valence-corrected chi connectivity index (χ1v) is 9.40. The van der Waals surface area contributed by atoms with E-state index in [1.165, 1.54) is 25.7 Å². The van der Waals surface area contributed by atoms with Gasteiger partial charge in [0.2, 0.25) is 0 Å². The van der Waals surface area contributed by atoms with Crippen LogP contribution in [0.5, 0.6) is 0 Å². The van der Waals surface area contributed by atoms with Gasteiger partial charge in [0.1, 0.15) is 0 Å². The van der Waals surface area contributed by atoms with Gasteiger partial charge in [-0.15, -0.1) is 0 Å². The average Bonchev–Trinajstić information content (AvgIpc) is 2.87. The standard InChI is InChI=1S/C20H30N2O2/c1-2-3-8-15-21-19(23)16-11-13-17(14-12-16)20(24)22-18-9-6-4-5-7-10-18/h11-14,18H,2-10,15H2,1H3,(H,21,23)(H,22,24). The number of nitrogens with one attached hydrogen (secondary N) is 2. The maximum Gasteiger partial charge on any atom is 0.251 e. The summed E-state index contributed by atoms with van der Waals surface area (Å²) in [7, 11) is 0. The van der Waals surface area contributed by atoms with Crippen molar-refractivity contribution >= 4 is 11.8 Å². The average molecular weight is 330 g/mol. The highest BCUT2D eigenvalue weighted by molar-refractivity contribution is 5.97. The summed E-state index contributed by atoms with van der Waals surface area (Å²) in [5, 5.41) is 6.05. The molecular weight excluding hydrogens is 300 g/mol. The molecule has 1 aromatic rings. The van der Waals surface area contributed by atoms with E-state index in [9.17, 15) is 9.59 Å². The van der Waals surface area contributed by atoms with Crippen LogP contribution in [0.25, 0.3) is 0 Å². The van der Waals surface area contributed by atoms with Gasteiger partial charge in [-0.2, -0.15) is 0 Å². The summed E-state index contributed by atoms with van der Waals surface area (Å²) in [4.78, 5) is 24.4. The number of hydrogen-bond donors (Lipinski definition) is 2. The van der Waals surface area contributed by atoms with Crippen LogP contribution in [0.1, 0.15) is 85.4 Å². The van der Waals surface area contributed by atoms with Crippen molar-refractivity contribution in [3.63, 3.8) is 0 Å². The highest BCUT2D eigenvalue weighted by Gasteiger charge is 2.16. The number of unbranched alkanes of at least 4 members (excludes halogenated alkanes) is 2. The Morgan fingerprint density at radius 2 is 1.50 bits per heavy atom. The second kappa shape index (κ2) is 10.1. The third-order valence-electron chi connectivity index (χ3n) is 4.67. The monoisotopic (exact) mass is 330 g/mol. The van der Waals surface area contributed by atoms with E-state index in [0.717, 1.165) is 32.1 Å². The van der Waals surface area contributed by atoms with E-state index >= 15 is 0 Å². The zero-order valence-corrected chi connectivity index (χ0v) is 14.8. The summed E-state index contributed by atoms with van der Waals surface area (Å²) in [6.45, 7) is 2.84. The predicted octanol–water partition coefficient (Wildman–Crippen LogP) is 4.06. The molecule has 0 heterocycles. The SMILES string of the molecule is CCCCCNC(=O)c1ccc(C(=O)NC2CCCCCC2)cc1. The molecule has 4 nitrogen and oxygen atoms in total. The molecular formula is C20H30N2O2. The molecule has 1 aliphatic carbocycles. The third kappa shape index (κ3) is 5.99. The fraction of sp³-hybridized carbons (Fsp3) is 0.600. The molecule has 2 N–H and O–H groups in total. The van der Waals surface area contributed by atoms with Crippen LogP contribution in [0.4, 0.5) is 0 Å². The lowest BCUT2D eigenvalue weighted by Gasteiger charge is -2.16. The van der Waals surface area contributed by atoms with Gasteiger partial charge in [-0.3, -0.25) is 9.59 Å². The highest BCUT2D eigenvalue weighted by Crippen LogP contribution is 2.17. The van der Waals surface area contributed by atoms with E-state index < -0.39 is 0 Å². The lowest BCUT2D eigenvalue weighted by atomic mass is 10.1. The van der Waals surface area contributed by atoms with Crippen molar-refractivity contribution in [2.75, 3.05) is 6.54 Å². The highest BCUT2D eigenvalue weighted by atomic mass is 16.2. The van der Waals surface area contributed by atoms with E-state index in [0.29, 0.717) is 23.7 Å². The molecule has 0 atom stereocenters. The van der Waals surface area contributed by atoms with Gasteiger partial charge >= 0.3 is 0 Å². The predicted molar refractivity (Wildman–Crippen MR) is 97.3 cm³/mol. The molecule has 2 amide bonds. The third-order valence-corrected chi connectivity index (χ3v) is 4.67. The number of rotatable bonds is 7. The topological polar surface area (TPSA) is 58.2 Å². The number of carbonyl (C=O) groups is 2. The minimum atomic E-state index is -0.0678. The molecule has 132 valence electrons. The summed E-state index contributed by atoms with van der Waals surface area (Å²) < 4.78 is 0. The van der Waals surface area contributed by atoms with Crippen molar-refractivity contribution in [3.05, 3.63) is 35.4 Å². The van der Waals surface area contributed by atoms with Crippen molar-refractivity contribution in [2.24, 2.45) is 0 Å². The Labute approximate surface area is 145 Å². The molecule has 24 heavy (non-hydrogen) atoms. The van der Waals surface area contributed by atoms with Crippen LogP contribution in [0.15, 0.2) is 24.3 Å². The van der Waals surface area contributed by atoms with E-state index in [2.05, 4.69) is 17.6 Å². The van der Waals surface area contributed by atoms with E-state index in [-0.39, 0.29) is 11.8 Å². The van der Waals surface area contributed by atoms with Gasteiger partial charge in [-0.05, 0) is 43.5 Å². The summed E-state index contributed by atoms with van der Waals surface area (Å²) in [5.74, 6) is -0.0985. The van der Waals surface area contributed by atoms with Gasteiger partial charge in [0, 0.05) is 23.7 Å². The molecule has 1 saturated carbocycles. The maximum atomic E-state index is 12.3. The first kappa shape index (κ1) is 18.5. The lowest BCUT2D eigenvalue weighted by Crippen LogP contribution is -2.34. The Balaban J connectivity index is 1.83. The zero-order valence-electron chi connectivity index (χ0n) is 14.8. The molecule has 1 aromatic carbocycles. The molecule has 1 aliphatic rings. The fourth-order valence-electron chi connectivity index (χ4n) is 3.14. The summed E-state index contributed by atoms with van der Waals surface area (Å²) in [6, 6.07) is 7.25. The molecule has 0 saturated heterocycles. The molecule has 4 heteroatoms. The fourth-order valence-corrected chi connectivity index (χ4v) is 3.14. The molecule has 2 rings (SSSR count). The first-order chi connectivity index (χ1) is 11.7. The van der Waals surface area contributed by atoms with Gasteiger partial charge in [0.05, 0.1) is 0 Å². The van der Waals surface area contributed by atoms with Crippen molar-refractivity contribution < 1.29 is 9.59 Å². The minimum Gasteiger partial charge on any atom is -0.352 e. The molecule has 0 aliphatic heterocycles. The summed E-state index contributed by atoms with van der Waals surface area (Å²) in [6.07, 6.45) is 10.4. The lowest BCUT2D eigenvalue weighted by molar-refractivity contribution is 0.0927. The molecule has 0 spiro atoms. The van der Waals surface area contributed by atoms with E-state index in [4.69, 9.17) is 0 Å². The number of benzene rings is 1. The second-order valence-corrected chi connectivity index (χ2v) is 6.70. The summed E-state index contributed by atoms with van der Waals surface area (Å²) >= 11 is 0. The Kier molecular flexibility index (Phi) is 7.80. The zero-order chi connectivity index (χ0) is 17.2. The van der Waals surface area contributed by atoms with Crippen molar-refractivity contribution in [2.45, 2.75) is 70.8 Å². The van der Waals surface area contributed by atoms with Gasteiger partial charge < -0.3 is 10.6 Å². The summed E-state index contributed by atoms with van der Waals surface area (Å²) in [5.41, 5.74) is 1.24. The number of amides is 2. The van der Waals surface area contributed by atoms with Crippen LogP contribution < -0.4 is 10.6 Å². The number of carbonyl (C=O) groups excluding carboxylic acids is 2. The Morgan fingerprint density at radius 1 is 0.917 bits per heavy atom. The van der Waals surface area contributed by atoms with E-state index in [1.54, 1.807) is 24.3 Å². The van der Waals surface area contributed by atoms with Crippen LogP contribution >= 0.6 is 0 Å². The Morgan fingerprint density at radius 3 is 2.08 bits per heavy atom. The van der Waals surface area contributed by atoms with Crippen LogP contribution in [0, 0.1) is 0 Å². The molecule has 0 radical (unpaired) electrons. The van der Waals surface area contributed by atoms with Gasteiger partial charge in [0.25, 0.3) is 11.8 Å². The second-order valence-electron chi connectivity index (χ2n) is 6.70. The van der Waals surface area contributed by atoms with Crippen LogP contribution in [0.2, 0.25) is 0 Å². The molecule has 0 bridgehead atoms. The minimum absolute atomic E-state index is 0.0307. The molecule has 0 unspecified atom stereocenters. The van der Waals surface area contributed by atoms with Crippen LogP contribution in [-0.4, -0.2) is 24.4 Å². The molecule has 1 fully saturated rings. The Bertz CT molecular complexity index is 517. The number of hydrogen-bond acceptors (Lipinski definition) is 2.